The SMILES string of the molecule is Cc1ccc(-n2nnnc2SCC(=O)N[C@H](C)CCCC(C)C)c(C)c1. The third-order valence-electron chi connectivity index (χ3n) is 4.18. The zero-order valence-corrected chi connectivity index (χ0v) is 17.1. The maximum absolute atomic E-state index is 12.2. The molecule has 0 saturated heterocycles. The van der Waals surface area contributed by atoms with Crippen molar-refractivity contribution >= 4 is 17.7 Å². The summed E-state index contributed by atoms with van der Waals surface area (Å²) in [6.45, 7) is 10.6. The highest BCUT2D eigenvalue weighted by Gasteiger charge is 2.14. The summed E-state index contributed by atoms with van der Waals surface area (Å²) < 4.78 is 1.69. The van der Waals surface area contributed by atoms with Crippen LogP contribution in [0, 0.1) is 19.8 Å². The lowest BCUT2D eigenvalue weighted by Crippen LogP contribution is -2.33. The number of rotatable bonds is 9. The summed E-state index contributed by atoms with van der Waals surface area (Å²) in [5.41, 5.74) is 3.23. The van der Waals surface area contributed by atoms with E-state index in [4.69, 9.17) is 0 Å². The molecule has 0 bridgehead atoms. The quantitative estimate of drug-likeness (QED) is 0.677. The molecule has 0 aliphatic carbocycles. The molecule has 0 saturated carbocycles. The minimum atomic E-state index is 0.0159. The molecule has 0 fully saturated rings. The number of nitrogens with zero attached hydrogens (tertiary/aromatic N) is 4. The molecular weight excluding hydrogens is 346 g/mol. The second kappa shape index (κ2) is 9.71. The first kappa shape index (κ1) is 20.4. The average molecular weight is 376 g/mol. The van der Waals surface area contributed by atoms with Crippen LogP contribution in [0.3, 0.4) is 0 Å². The first-order valence-corrected chi connectivity index (χ1v) is 10.1. The summed E-state index contributed by atoms with van der Waals surface area (Å²) in [7, 11) is 0. The van der Waals surface area contributed by atoms with Crippen LogP contribution in [0.4, 0.5) is 0 Å². The van der Waals surface area contributed by atoms with Gasteiger partial charge >= 0.3 is 0 Å². The minimum Gasteiger partial charge on any atom is -0.353 e. The molecule has 1 aromatic heterocycles. The van der Waals surface area contributed by atoms with Crippen molar-refractivity contribution in [2.45, 2.75) is 65.1 Å². The normalized spacial score (nSPS) is 12.4. The molecule has 6 nitrogen and oxygen atoms in total. The van der Waals surface area contributed by atoms with E-state index in [1.54, 1.807) is 4.68 Å². The molecule has 1 heterocycles. The van der Waals surface area contributed by atoms with E-state index in [1.807, 2.05) is 19.1 Å². The molecule has 2 rings (SSSR count). The summed E-state index contributed by atoms with van der Waals surface area (Å²) in [5.74, 6) is 1.03. The van der Waals surface area contributed by atoms with Crippen molar-refractivity contribution in [2.24, 2.45) is 5.92 Å². The molecule has 0 spiro atoms. The van der Waals surface area contributed by atoms with Gasteiger partial charge in [0.1, 0.15) is 0 Å². The number of aryl methyl sites for hydroxylation is 2. The molecule has 1 amide bonds. The van der Waals surface area contributed by atoms with Crippen LogP contribution in [-0.2, 0) is 4.79 Å². The van der Waals surface area contributed by atoms with Crippen molar-refractivity contribution in [3.63, 3.8) is 0 Å². The van der Waals surface area contributed by atoms with Crippen LogP contribution in [0.1, 0.15) is 51.2 Å². The Morgan fingerprint density at radius 1 is 1.23 bits per heavy atom. The minimum absolute atomic E-state index is 0.0159. The summed E-state index contributed by atoms with van der Waals surface area (Å²) in [4.78, 5) is 12.2. The molecule has 0 aliphatic rings. The molecule has 1 N–H and O–H groups in total. The smallest absolute Gasteiger partial charge is 0.230 e. The molecule has 1 aromatic carbocycles. The third kappa shape index (κ3) is 6.12. The van der Waals surface area contributed by atoms with Gasteiger partial charge < -0.3 is 5.32 Å². The number of thioether (sulfide) groups is 1. The summed E-state index contributed by atoms with van der Waals surface area (Å²) in [5, 5.41) is 15.6. The van der Waals surface area contributed by atoms with E-state index in [-0.39, 0.29) is 11.9 Å². The maximum atomic E-state index is 12.2. The van der Waals surface area contributed by atoms with Crippen LogP contribution < -0.4 is 5.32 Å². The Morgan fingerprint density at radius 2 is 2.00 bits per heavy atom. The summed E-state index contributed by atoms with van der Waals surface area (Å²) in [6.07, 6.45) is 3.34. The second-order valence-corrected chi connectivity index (χ2v) is 8.19. The zero-order chi connectivity index (χ0) is 19.1. The lowest BCUT2D eigenvalue weighted by Gasteiger charge is -2.14. The Hall–Kier alpha value is -1.89. The molecule has 0 unspecified atom stereocenters. The van der Waals surface area contributed by atoms with Crippen molar-refractivity contribution in [1.29, 1.82) is 0 Å². The van der Waals surface area contributed by atoms with Crippen molar-refractivity contribution in [2.75, 3.05) is 5.75 Å². The summed E-state index contributed by atoms with van der Waals surface area (Å²) in [6, 6.07) is 6.32. The van der Waals surface area contributed by atoms with E-state index in [1.165, 1.54) is 23.7 Å². The van der Waals surface area contributed by atoms with Gasteiger partial charge in [0, 0.05) is 6.04 Å². The number of hydrogen-bond acceptors (Lipinski definition) is 5. The van der Waals surface area contributed by atoms with Gasteiger partial charge in [-0.25, -0.2) is 0 Å². The molecule has 142 valence electrons. The fourth-order valence-electron chi connectivity index (χ4n) is 2.81. The van der Waals surface area contributed by atoms with Crippen molar-refractivity contribution in [1.82, 2.24) is 25.5 Å². The van der Waals surface area contributed by atoms with Gasteiger partial charge in [0.15, 0.2) is 0 Å². The number of carbonyl (C=O) groups excluding carboxylic acids is 1. The van der Waals surface area contributed by atoms with E-state index in [9.17, 15) is 4.79 Å². The maximum Gasteiger partial charge on any atom is 0.230 e. The first-order chi connectivity index (χ1) is 12.4. The Labute approximate surface area is 160 Å². The van der Waals surface area contributed by atoms with Crippen LogP contribution in [0.15, 0.2) is 23.4 Å². The molecule has 2 aromatic rings. The lowest BCUT2D eigenvalue weighted by atomic mass is 10.0. The number of benzene rings is 1. The molecule has 7 heteroatoms. The fourth-order valence-corrected chi connectivity index (χ4v) is 3.51. The number of carbonyl (C=O) groups is 1. The predicted molar refractivity (Wildman–Crippen MR) is 106 cm³/mol. The number of nitrogens with one attached hydrogen (secondary N) is 1. The van der Waals surface area contributed by atoms with Crippen LogP contribution >= 0.6 is 11.8 Å². The number of amides is 1. The largest absolute Gasteiger partial charge is 0.353 e. The summed E-state index contributed by atoms with van der Waals surface area (Å²) >= 11 is 1.36. The second-order valence-electron chi connectivity index (χ2n) is 7.25. The van der Waals surface area contributed by atoms with Crippen molar-refractivity contribution < 1.29 is 4.79 Å². The zero-order valence-electron chi connectivity index (χ0n) is 16.3. The van der Waals surface area contributed by atoms with Gasteiger partial charge in [0.2, 0.25) is 11.1 Å². The third-order valence-corrected chi connectivity index (χ3v) is 5.10. The fraction of sp³-hybridized carbons (Fsp3) is 0.579. The topological polar surface area (TPSA) is 72.7 Å². The van der Waals surface area contributed by atoms with Gasteiger partial charge in [-0.2, -0.15) is 4.68 Å². The van der Waals surface area contributed by atoms with Crippen LogP contribution in [0.5, 0.6) is 0 Å². The Kier molecular flexibility index (Phi) is 7.63. The van der Waals surface area contributed by atoms with E-state index < -0.39 is 0 Å². The van der Waals surface area contributed by atoms with E-state index in [2.05, 4.69) is 54.6 Å². The van der Waals surface area contributed by atoms with Crippen molar-refractivity contribution in [3.05, 3.63) is 29.3 Å². The number of aromatic nitrogens is 4. The van der Waals surface area contributed by atoms with Gasteiger partial charge in [0.25, 0.3) is 0 Å². The highest BCUT2D eigenvalue weighted by Crippen LogP contribution is 2.21. The highest BCUT2D eigenvalue weighted by atomic mass is 32.2. The van der Waals surface area contributed by atoms with E-state index in [0.717, 1.165) is 24.1 Å². The number of hydrogen-bond donors (Lipinski definition) is 1. The van der Waals surface area contributed by atoms with Gasteiger partial charge in [-0.15, -0.1) is 5.10 Å². The van der Waals surface area contributed by atoms with Gasteiger partial charge in [-0.3, -0.25) is 4.79 Å². The Balaban J connectivity index is 1.88. The highest BCUT2D eigenvalue weighted by molar-refractivity contribution is 7.99. The monoisotopic (exact) mass is 375 g/mol. The molecule has 0 radical (unpaired) electrons. The van der Waals surface area contributed by atoms with Gasteiger partial charge in [-0.1, -0.05) is 56.1 Å². The van der Waals surface area contributed by atoms with Crippen LogP contribution in [0.25, 0.3) is 5.69 Å². The first-order valence-electron chi connectivity index (χ1n) is 9.15. The molecule has 26 heavy (non-hydrogen) atoms. The van der Waals surface area contributed by atoms with E-state index >= 15 is 0 Å². The molecular formula is C19H29N5OS. The van der Waals surface area contributed by atoms with Crippen LogP contribution in [0.2, 0.25) is 0 Å². The average Bonchev–Trinajstić information content (AvgIpc) is 3.00. The predicted octanol–water partition coefficient (Wildman–Crippen LogP) is 3.70. The molecule has 1 atom stereocenters. The van der Waals surface area contributed by atoms with Crippen molar-refractivity contribution in [3.8, 4) is 5.69 Å². The van der Waals surface area contributed by atoms with Crippen LogP contribution in [-0.4, -0.2) is 37.9 Å². The van der Waals surface area contributed by atoms with E-state index in [0.29, 0.717) is 16.8 Å². The number of tetrazole rings is 1. The van der Waals surface area contributed by atoms with Gasteiger partial charge in [-0.05, 0) is 55.2 Å². The standard InChI is InChI=1S/C19H29N5OS/c1-13(2)7-6-8-16(5)20-18(25)12-26-19-21-22-23-24(19)17-10-9-14(3)11-15(17)4/h9-11,13,16H,6-8,12H2,1-5H3,(H,20,25)/t16-/m1/s1. The van der Waals surface area contributed by atoms with Gasteiger partial charge in [0.05, 0.1) is 11.4 Å². The molecule has 0 aliphatic heterocycles. The Bertz CT molecular complexity index is 728. The lowest BCUT2D eigenvalue weighted by molar-refractivity contribution is -0.119. The Morgan fingerprint density at radius 3 is 2.69 bits per heavy atom.